The number of thioether (sulfide) groups is 4. The Hall–Kier alpha value is -4.84. The van der Waals surface area contributed by atoms with E-state index in [1.807, 2.05) is 12.1 Å². The number of benzene rings is 4. The minimum absolute atomic E-state index is 0.483. The highest BCUT2D eigenvalue weighted by Crippen LogP contribution is 2.44. The average Bonchev–Trinajstić information content (AvgIpc) is 4.03. The molecular formula is C60H74N8O12S4. The molecule has 450 valence electrons. The zero-order valence-electron chi connectivity index (χ0n) is 48.1. The molecule has 0 unspecified atom stereocenters. The Balaban J connectivity index is 1.16. The lowest BCUT2D eigenvalue weighted by Crippen LogP contribution is -2.09. The zero-order valence-corrected chi connectivity index (χ0v) is 51.4. The molecule has 0 saturated heterocycles. The second-order valence-corrected chi connectivity index (χ2v) is 23.1. The molecule has 20 nitrogen and oxygen atoms in total. The van der Waals surface area contributed by atoms with Crippen molar-refractivity contribution in [3.8, 4) is 45.6 Å². The van der Waals surface area contributed by atoms with Crippen LogP contribution in [-0.4, -0.2) is 223 Å². The predicted molar refractivity (Wildman–Crippen MR) is 333 cm³/mol. The van der Waals surface area contributed by atoms with Gasteiger partial charge in [-0.1, -0.05) is 48.5 Å². The molecule has 0 atom stereocenters. The van der Waals surface area contributed by atoms with Crippen molar-refractivity contribution in [2.45, 2.75) is 19.6 Å². The monoisotopic (exact) mass is 1230 g/mol. The Morgan fingerprint density at radius 1 is 0.298 bits per heavy atom. The summed E-state index contributed by atoms with van der Waals surface area (Å²) in [6.45, 7) is 10.3. The highest BCUT2D eigenvalue weighted by atomic mass is 32.2. The van der Waals surface area contributed by atoms with Crippen molar-refractivity contribution in [2.24, 2.45) is 0 Å². The van der Waals surface area contributed by atoms with Gasteiger partial charge >= 0.3 is 0 Å². The lowest BCUT2D eigenvalue weighted by molar-refractivity contribution is 0.0286. The van der Waals surface area contributed by atoms with Crippen LogP contribution in [0.15, 0.2) is 92.4 Å². The van der Waals surface area contributed by atoms with Crippen LogP contribution in [0, 0.1) is 0 Å². The van der Waals surface area contributed by atoms with E-state index in [2.05, 4.69) is 70.6 Å². The smallest absolute Gasteiger partial charge is 0.165 e. The second-order valence-electron chi connectivity index (χ2n) is 18.6. The summed E-state index contributed by atoms with van der Waals surface area (Å²) in [5.41, 5.74) is 5.85. The van der Waals surface area contributed by atoms with E-state index in [9.17, 15) is 0 Å². The highest BCUT2D eigenvalue weighted by molar-refractivity contribution is 8.00. The third kappa shape index (κ3) is 17.7. The van der Waals surface area contributed by atoms with E-state index in [0.29, 0.717) is 201 Å². The minimum Gasteiger partial charge on any atom is -0.382 e. The minimum atomic E-state index is 0.483. The number of methoxy groups -OCH3 is 4. The number of nitrogens with zero attached hydrogens (tertiary/aromatic N) is 6. The standard InChI is InChI=1S/C60H74N8O12S4/c1-69-17-21-73-25-29-77-33-37-81-45-13-5-9-41-49(45)57-61-53(41)66-58-51-43(11-7-15-47(51)83-39-35-79-31-27-75-23-19-71-3)55(63-58)68-60-52-44(12-8-16-48(52)84-40-36-80-32-28-76-24-20-72-4)56(64-60)67-59-50-42(54(62-59)65-57)10-6-14-46(50)82-38-34-78-30-26-74-22-18-70-2/h5-16H,17-40H2,1-4H3,(H2,61,62,63,64,65,66,67,68). The van der Waals surface area contributed by atoms with Crippen molar-refractivity contribution in [2.75, 3.05) is 184 Å². The first-order valence-electron chi connectivity index (χ1n) is 28.0. The Bertz CT molecular complexity index is 3140. The maximum absolute atomic E-state index is 6.00. The fourth-order valence-electron chi connectivity index (χ4n) is 9.04. The summed E-state index contributed by atoms with van der Waals surface area (Å²) in [6.07, 6.45) is 0. The van der Waals surface area contributed by atoms with E-state index in [-0.39, 0.29) is 0 Å². The van der Waals surface area contributed by atoms with Gasteiger partial charge < -0.3 is 66.8 Å². The van der Waals surface area contributed by atoms with Crippen molar-refractivity contribution in [1.29, 1.82) is 0 Å². The predicted octanol–water partition coefficient (Wildman–Crippen LogP) is 9.96. The largest absolute Gasteiger partial charge is 0.382 e. The van der Waals surface area contributed by atoms with Gasteiger partial charge in [0.1, 0.15) is 22.6 Å². The van der Waals surface area contributed by atoms with E-state index in [4.69, 9.17) is 86.7 Å². The van der Waals surface area contributed by atoms with E-state index < -0.39 is 0 Å². The summed E-state index contributed by atoms with van der Waals surface area (Å²) in [4.78, 5) is 43.9. The molecule has 0 saturated carbocycles. The lowest BCUT2D eigenvalue weighted by atomic mass is 10.1. The molecule has 7 aromatic rings. The van der Waals surface area contributed by atoms with Gasteiger partial charge in [-0.3, -0.25) is 0 Å². The van der Waals surface area contributed by atoms with Crippen molar-refractivity contribution < 1.29 is 56.8 Å². The van der Waals surface area contributed by atoms with Gasteiger partial charge in [-0.15, -0.1) is 47.0 Å². The van der Waals surface area contributed by atoms with Crippen LogP contribution in [-0.2, 0) is 56.8 Å². The van der Waals surface area contributed by atoms with Crippen LogP contribution in [0.2, 0.25) is 0 Å². The van der Waals surface area contributed by atoms with Crippen molar-refractivity contribution in [3.63, 3.8) is 0 Å². The molecule has 3 aromatic heterocycles. The van der Waals surface area contributed by atoms with Crippen LogP contribution in [0.3, 0.4) is 0 Å². The second kappa shape index (κ2) is 35.1. The Morgan fingerprint density at radius 2 is 0.583 bits per heavy atom. The molecular weight excluding hydrogens is 1150 g/mol. The summed E-state index contributed by atoms with van der Waals surface area (Å²) in [6, 6.07) is 24.9. The number of hydrogen-bond acceptors (Lipinski definition) is 22. The zero-order chi connectivity index (χ0) is 58.0. The lowest BCUT2D eigenvalue weighted by Gasteiger charge is -2.09. The van der Waals surface area contributed by atoms with Crippen LogP contribution in [0.1, 0.15) is 0 Å². The Kier molecular flexibility index (Phi) is 26.6. The maximum Gasteiger partial charge on any atom is 0.165 e. The average molecular weight is 1230 g/mol. The number of aromatic nitrogens is 8. The first kappa shape index (κ1) is 63.7. The van der Waals surface area contributed by atoms with E-state index >= 15 is 0 Å². The summed E-state index contributed by atoms with van der Waals surface area (Å²) in [5, 5.41) is 3.56. The van der Waals surface area contributed by atoms with Gasteiger partial charge in [0.05, 0.1) is 132 Å². The fourth-order valence-corrected chi connectivity index (χ4v) is 12.8. The van der Waals surface area contributed by atoms with Gasteiger partial charge in [0.15, 0.2) is 23.3 Å². The summed E-state index contributed by atoms with van der Waals surface area (Å²) in [7, 11) is 6.64. The molecule has 2 aliphatic heterocycles. The van der Waals surface area contributed by atoms with Gasteiger partial charge in [-0.05, 0) is 24.3 Å². The molecule has 2 N–H and O–H groups in total. The first-order chi connectivity index (χ1) is 41.6. The molecule has 0 amide bonds. The Morgan fingerprint density at radius 3 is 0.929 bits per heavy atom. The van der Waals surface area contributed by atoms with Crippen LogP contribution in [0.5, 0.6) is 0 Å². The first-order valence-corrected chi connectivity index (χ1v) is 32.0. The molecule has 0 spiro atoms. The number of aromatic amines is 2. The number of rotatable bonds is 40. The van der Waals surface area contributed by atoms with E-state index in [0.717, 1.165) is 63.4 Å². The van der Waals surface area contributed by atoms with E-state index in [1.54, 1.807) is 75.5 Å². The molecule has 0 aliphatic carbocycles. The van der Waals surface area contributed by atoms with Crippen LogP contribution in [0.25, 0.3) is 89.7 Å². The third-order valence-corrected chi connectivity index (χ3v) is 17.0. The van der Waals surface area contributed by atoms with Gasteiger partial charge in [-0.25, -0.2) is 29.9 Å². The number of fused-ring (bicyclic) bond motifs is 20. The topological polar surface area (TPSA) is 220 Å². The summed E-state index contributed by atoms with van der Waals surface area (Å²) >= 11 is 6.76. The molecule has 0 radical (unpaired) electrons. The van der Waals surface area contributed by atoms with Gasteiger partial charge in [-0.2, -0.15) is 0 Å². The molecule has 4 aromatic carbocycles. The van der Waals surface area contributed by atoms with Crippen LogP contribution < -0.4 is 0 Å². The molecule has 9 rings (SSSR count). The number of nitrogens with one attached hydrogen (secondary N) is 2. The molecule has 8 bridgehead atoms. The van der Waals surface area contributed by atoms with Gasteiger partial charge in [0.2, 0.25) is 0 Å². The van der Waals surface area contributed by atoms with Crippen molar-refractivity contribution in [3.05, 3.63) is 72.8 Å². The van der Waals surface area contributed by atoms with Gasteiger partial charge in [0, 0.05) is 115 Å². The van der Waals surface area contributed by atoms with Crippen LogP contribution >= 0.6 is 47.0 Å². The SMILES string of the molecule is COCCOCCOCCSc1cccc2c1-c1nc-2nc2[nH]c(nc3nc(nc4[nH]c(n1)c1cccc(SCCOCCOCCOC)c41)-c1cccc(SCCOCCOCCOC)c1-3)c1cccc(SCCOCCOCCOC)c21. The Labute approximate surface area is 506 Å². The molecule has 84 heavy (non-hydrogen) atoms. The van der Waals surface area contributed by atoms with Crippen molar-refractivity contribution in [1.82, 2.24) is 39.9 Å². The third-order valence-electron chi connectivity index (χ3n) is 12.9. The summed E-state index contributed by atoms with van der Waals surface area (Å²) < 4.78 is 67.0. The molecule has 0 fully saturated rings. The number of H-pyrrole nitrogens is 2. The molecule has 5 heterocycles. The van der Waals surface area contributed by atoms with Crippen LogP contribution in [0.4, 0.5) is 0 Å². The van der Waals surface area contributed by atoms with Crippen molar-refractivity contribution >= 4 is 91.2 Å². The maximum atomic E-state index is 6.00. The fraction of sp³-hybridized carbons (Fsp3) is 0.467. The van der Waals surface area contributed by atoms with E-state index in [1.165, 1.54) is 0 Å². The number of hydrogen-bond donors (Lipinski definition) is 2. The normalized spacial score (nSPS) is 12.0. The number of ether oxygens (including phenoxy) is 12. The summed E-state index contributed by atoms with van der Waals surface area (Å²) in [5.74, 6) is 4.81. The molecule has 24 heteroatoms. The molecule has 2 aliphatic rings. The quantitative estimate of drug-likeness (QED) is 0.0269. The van der Waals surface area contributed by atoms with Gasteiger partial charge in [0.25, 0.3) is 0 Å². The highest BCUT2D eigenvalue weighted by Gasteiger charge is 2.27.